The van der Waals surface area contributed by atoms with Crippen LogP contribution >= 0.6 is 0 Å². The summed E-state index contributed by atoms with van der Waals surface area (Å²) >= 11 is 0. The van der Waals surface area contributed by atoms with Crippen LogP contribution in [0, 0.1) is 0 Å². The van der Waals surface area contributed by atoms with E-state index in [1.807, 2.05) is 12.3 Å². The highest BCUT2D eigenvalue weighted by molar-refractivity contribution is 5.79. The van der Waals surface area contributed by atoms with Crippen molar-refractivity contribution in [1.82, 2.24) is 4.98 Å². The van der Waals surface area contributed by atoms with Crippen LogP contribution in [-0.2, 0) is 5.41 Å². The Kier molecular flexibility index (Phi) is 1.34. The zero-order chi connectivity index (χ0) is 10.8. The van der Waals surface area contributed by atoms with Crippen molar-refractivity contribution < 1.29 is 0 Å². The first-order valence-corrected chi connectivity index (χ1v) is 5.84. The highest BCUT2D eigenvalue weighted by Gasteiger charge is 2.66. The van der Waals surface area contributed by atoms with E-state index in [0.29, 0.717) is 5.41 Å². The maximum absolute atomic E-state index is 6.11. The van der Waals surface area contributed by atoms with E-state index in [9.17, 15) is 0 Å². The van der Waals surface area contributed by atoms with Crippen LogP contribution in [0.2, 0.25) is 0 Å². The molecule has 1 heterocycles. The largest absolute Gasteiger partial charge is 0.325 e. The number of hydrogen-bond acceptors (Lipinski definition) is 2. The van der Waals surface area contributed by atoms with Crippen LogP contribution < -0.4 is 5.73 Å². The van der Waals surface area contributed by atoms with Crippen LogP contribution in [0.1, 0.15) is 24.8 Å². The van der Waals surface area contributed by atoms with Crippen molar-refractivity contribution in [3.63, 3.8) is 0 Å². The van der Waals surface area contributed by atoms with Crippen LogP contribution in [0.3, 0.4) is 0 Å². The van der Waals surface area contributed by atoms with Crippen molar-refractivity contribution in [2.75, 3.05) is 0 Å². The third-order valence-electron chi connectivity index (χ3n) is 4.29. The lowest BCUT2D eigenvalue weighted by atomic mass is 9.38. The lowest BCUT2D eigenvalue weighted by molar-refractivity contribution is -0.0589. The highest BCUT2D eigenvalue weighted by Crippen LogP contribution is 2.66. The maximum Gasteiger partial charge on any atom is 0.0704 e. The zero-order valence-electron chi connectivity index (χ0n) is 9.11. The SMILES string of the molecule is NC12CC(c3ccc4cccnc4c3)(C1)C2. The molecule has 0 aliphatic heterocycles. The van der Waals surface area contributed by atoms with Gasteiger partial charge in [0.15, 0.2) is 0 Å². The minimum Gasteiger partial charge on any atom is -0.325 e. The molecule has 0 unspecified atom stereocenters. The Balaban J connectivity index is 1.82. The van der Waals surface area contributed by atoms with E-state index in [4.69, 9.17) is 5.73 Å². The van der Waals surface area contributed by atoms with E-state index in [-0.39, 0.29) is 5.54 Å². The summed E-state index contributed by atoms with van der Waals surface area (Å²) in [5.74, 6) is 0. The van der Waals surface area contributed by atoms with Gasteiger partial charge >= 0.3 is 0 Å². The Labute approximate surface area is 94.5 Å². The summed E-state index contributed by atoms with van der Waals surface area (Å²) in [6.45, 7) is 0. The van der Waals surface area contributed by atoms with Crippen LogP contribution in [0.25, 0.3) is 10.9 Å². The number of aromatic nitrogens is 1. The first kappa shape index (κ1) is 8.71. The molecule has 2 nitrogen and oxygen atoms in total. The number of benzene rings is 1. The molecule has 0 atom stereocenters. The molecule has 3 fully saturated rings. The topological polar surface area (TPSA) is 38.9 Å². The van der Waals surface area contributed by atoms with E-state index >= 15 is 0 Å². The summed E-state index contributed by atoms with van der Waals surface area (Å²) in [5.41, 5.74) is 9.23. The van der Waals surface area contributed by atoms with Gasteiger partial charge in [0.05, 0.1) is 5.52 Å². The lowest BCUT2D eigenvalue weighted by Gasteiger charge is -2.69. The fourth-order valence-corrected chi connectivity index (χ4v) is 3.57. The molecule has 1 aromatic heterocycles. The molecule has 3 aliphatic carbocycles. The molecule has 1 aromatic carbocycles. The summed E-state index contributed by atoms with van der Waals surface area (Å²) in [5, 5.41) is 1.22. The summed E-state index contributed by atoms with van der Waals surface area (Å²) in [7, 11) is 0. The first-order valence-electron chi connectivity index (χ1n) is 5.84. The molecule has 80 valence electrons. The summed E-state index contributed by atoms with van der Waals surface area (Å²) in [6, 6.07) is 10.8. The van der Waals surface area contributed by atoms with Crippen LogP contribution in [0.4, 0.5) is 0 Å². The summed E-state index contributed by atoms with van der Waals surface area (Å²) in [6.07, 6.45) is 5.35. The van der Waals surface area contributed by atoms with Gasteiger partial charge in [-0.05, 0) is 37.0 Å². The van der Waals surface area contributed by atoms with Crippen molar-refractivity contribution in [2.45, 2.75) is 30.2 Å². The zero-order valence-corrected chi connectivity index (χ0v) is 9.11. The van der Waals surface area contributed by atoms with Gasteiger partial charge in [0.25, 0.3) is 0 Å². The predicted molar refractivity (Wildman–Crippen MR) is 64.2 cm³/mol. The normalized spacial score (nSPS) is 35.6. The molecule has 3 aliphatic rings. The molecule has 3 saturated carbocycles. The van der Waals surface area contributed by atoms with Gasteiger partial charge in [-0.15, -0.1) is 0 Å². The Morgan fingerprint density at radius 3 is 2.69 bits per heavy atom. The minimum atomic E-state index is 0.180. The van der Waals surface area contributed by atoms with E-state index in [0.717, 1.165) is 5.52 Å². The van der Waals surface area contributed by atoms with Gasteiger partial charge in [-0.2, -0.15) is 0 Å². The third kappa shape index (κ3) is 0.932. The Morgan fingerprint density at radius 2 is 1.94 bits per heavy atom. The van der Waals surface area contributed by atoms with Gasteiger partial charge in [0.2, 0.25) is 0 Å². The van der Waals surface area contributed by atoms with Gasteiger partial charge < -0.3 is 5.73 Å². The van der Waals surface area contributed by atoms with E-state index in [1.165, 1.54) is 30.2 Å². The third-order valence-corrected chi connectivity index (χ3v) is 4.29. The van der Waals surface area contributed by atoms with Gasteiger partial charge in [0, 0.05) is 22.5 Å². The molecule has 2 aromatic rings. The van der Waals surface area contributed by atoms with Gasteiger partial charge in [0.1, 0.15) is 0 Å². The van der Waals surface area contributed by atoms with Gasteiger partial charge in [-0.25, -0.2) is 0 Å². The number of fused-ring (bicyclic) bond motifs is 1. The molecule has 2 bridgehead atoms. The average Bonchev–Trinajstić information content (AvgIpc) is 2.23. The monoisotopic (exact) mass is 210 g/mol. The Bertz CT molecular complexity index is 568. The second-order valence-corrected chi connectivity index (χ2v) is 5.58. The van der Waals surface area contributed by atoms with E-state index in [1.54, 1.807) is 0 Å². The fraction of sp³-hybridized carbons (Fsp3) is 0.357. The molecular formula is C14H14N2. The molecule has 2 heteroatoms. The van der Waals surface area contributed by atoms with Crippen molar-refractivity contribution in [3.05, 3.63) is 42.1 Å². The molecule has 0 spiro atoms. The highest BCUT2D eigenvalue weighted by atomic mass is 14.9. The average molecular weight is 210 g/mol. The van der Waals surface area contributed by atoms with E-state index < -0.39 is 0 Å². The van der Waals surface area contributed by atoms with Crippen LogP contribution in [0.5, 0.6) is 0 Å². The number of nitrogens with two attached hydrogens (primary N) is 1. The Morgan fingerprint density at radius 1 is 1.12 bits per heavy atom. The second kappa shape index (κ2) is 2.46. The fourth-order valence-electron chi connectivity index (χ4n) is 3.57. The van der Waals surface area contributed by atoms with Gasteiger partial charge in [-0.3, -0.25) is 4.98 Å². The van der Waals surface area contributed by atoms with E-state index in [2.05, 4.69) is 29.2 Å². The predicted octanol–water partition coefficient (Wildman–Crippen LogP) is 2.37. The first-order chi connectivity index (χ1) is 7.69. The van der Waals surface area contributed by atoms with Crippen molar-refractivity contribution in [1.29, 1.82) is 0 Å². The number of pyridine rings is 1. The smallest absolute Gasteiger partial charge is 0.0704 e. The second-order valence-electron chi connectivity index (χ2n) is 5.58. The summed E-state index contributed by atoms with van der Waals surface area (Å²) in [4.78, 5) is 4.42. The molecular weight excluding hydrogens is 196 g/mol. The number of nitrogens with zero attached hydrogens (tertiary/aromatic N) is 1. The molecule has 0 amide bonds. The van der Waals surface area contributed by atoms with Crippen LogP contribution in [0.15, 0.2) is 36.5 Å². The van der Waals surface area contributed by atoms with Gasteiger partial charge in [-0.1, -0.05) is 18.2 Å². The number of rotatable bonds is 1. The quantitative estimate of drug-likeness (QED) is 0.784. The number of hydrogen-bond donors (Lipinski definition) is 1. The molecule has 0 radical (unpaired) electrons. The minimum absolute atomic E-state index is 0.180. The maximum atomic E-state index is 6.11. The molecule has 5 rings (SSSR count). The van der Waals surface area contributed by atoms with Crippen LogP contribution in [-0.4, -0.2) is 10.5 Å². The molecule has 2 N–H and O–H groups in total. The van der Waals surface area contributed by atoms with Crippen molar-refractivity contribution >= 4 is 10.9 Å². The standard InChI is InChI=1S/C14H14N2/c15-14-7-13(8-14,9-14)11-4-3-10-2-1-5-16-12(10)6-11/h1-6H,7-9,15H2. The van der Waals surface area contributed by atoms with Crippen molar-refractivity contribution in [3.8, 4) is 0 Å². The Hall–Kier alpha value is -1.41. The molecule has 16 heavy (non-hydrogen) atoms. The summed E-state index contributed by atoms with van der Waals surface area (Å²) < 4.78 is 0. The lowest BCUT2D eigenvalue weighted by Crippen LogP contribution is -2.74. The molecule has 0 saturated heterocycles. The van der Waals surface area contributed by atoms with Crippen molar-refractivity contribution in [2.24, 2.45) is 5.73 Å².